The Hall–Kier alpha value is -5.99. The van der Waals surface area contributed by atoms with Crippen LogP contribution in [0.25, 0.3) is 21.5 Å². The molecular formula is C80H114N12O2Si3. The summed E-state index contributed by atoms with van der Waals surface area (Å²) in [6, 6.07) is 34.3. The quantitative estimate of drug-likeness (QED) is 0.0500. The molecule has 4 fully saturated rings. The van der Waals surface area contributed by atoms with Crippen LogP contribution >= 0.6 is 0 Å². The van der Waals surface area contributed by atoms with Crippen molar-refractivity contribution in [2.75, 3.05) is 72.0 Å². The van der Waals surface area contributed by atoms with E-state index in [0.29, 0.717) is 47.0 Å². The highest BCUT2D eigenvalue weighted by atomic mass is 28.5. The number of fused-ring (bicyclic) bond motifs is 14. The molecule has 8 aliphatic heterocycles. The van der Waals surface area contributed by atoms with Crippen LogP contribution in [-0.2, 0) is 8.23 Å². The number of amidine groups is 4. The summed E-state index contributed by atoms with van der Waals surface area (Å²) >= 11 is 0. The van der Waals surface area contributed by atoms with Gasteiger partial charge in [-0.25, -0.2) is 30.0 Å². The molecule has 10 heterocycles. The summed E-state index contributed by atoms with van der Waals surface area (Å²) in [4.78, 5) is 48.4. The molecule has 4 atom stereocenters. The molecule has 0 radical (unpaired) electrons. The number of benzene rings is 4. The van der Waals surface area contributed by atoms with Gasteiger partial charge in [0.05, 0.1) is 21.9 Å². The molecule has 8 aliphatic rings. The largest absolute Gasteiger partial charge is 0.582 e. The Morgan fingerprint density at radius 3 is 1.19 bits per heavy atom. The van der Waals surface area contributed by atoms with Gasteiger partial charge in [-0.15, -0.1) is 0 Å². The fourth-order valence-electron chi connectivity index (χ4n) is 18.2. The smallest absolute Gasteiger partial charge is 0.404 e. The van der Waals surface area contributed by atoms with Crippen molar-refractivity contribution in [3.8, 4) is 0 Å². The molecule has 0 N–H and O–H groups in total. The van der Waals surface area contributed by atoms with Crippen molar-refractivity contribution in [3.05, 3.63) is 106 Å². The van der Waals surface area contributed by atoms with Gasteiger partial charge in [-0.1, -0.05) is 195 Å². The van der Waals surface area contributed by atoms with E-state index in [2.05, 4.69) is 170 Å². The average Bonchev–Trinajstić information content (AvgIpc) is 1.53. The van der Waals surface area contributed by atoms with E-state index in [1.165, 1.54) is 48.4 Å². The lowest BCUT2D eigenvalue weighted by Gasteiger charge is -2.47. The van der Waals surface area contributed by atoms with E-state index in [4.69, 9.17) is 30.0 Å². The van der Waals surface area contributed by atoms with E-state index in [-0.39, 0.29) is 0 Å². The minimum atomic E-state index is -4.68. The highest BCUT2D eigenvalue weighted by Crippen LogP contribution is 2.52. The first-order chi connectivity index (χ1) is 47.4. The topological polar surface area (TPSA) is 115 Å². The highest BCUT2D eigenvalue weighted by Gasteiger charge is 2.61. The van der Waals surface area contributed by atoms with E-state index in [1.807, 2.05) is 0 Å². The molecule has 0 aliphatic carbocycles. The van der Waals surface area contributed by atoms with Gasteiger partial charge in [-0.3, -0.25) is 8.47 Å². The second kappa shape index (κ2) is 29.3. The minimum absolute atomic E-state index is 0.520. The zero-order valence-corrected chi connectivity index (χ0v) is 64.0. The number of nitrogens with zero attached hydrogens (tertiary/aromatic N) is 12. The molecule has 17 heteroatoms. The van der Waals surface area contributed by atoms with Crippen LogP contribution in [0.1, 0.15) is 220 Å². The van der Waals surface area contributed by atoms with E-state index in [0.717, 1.165) is 258 Å². The van der Waals surface area contributed by atoms with Crippen molar-refractivity contribution in [2.24, 2.45) is 53.6 Å². The van der Waals surface area contributed by atoms with Crippen LogP contribution < -0.4 is 30.6 Å². The average molecular weight is 1360 g/mol. The van der Waals surface area contributed by atoms with Crippen LogP contribution in [-0.4, -0.2) is 110 Å². The molecule has 97 heavy (non-hydrogen) atoms. The van der Waals surface area contributed by atoms with Crippen LogP contribution in [0.3, 0.4) is 0 Å². The molecule has 4 saturated heterocycles. The molecule has 6 aromatic rings. The Balaban J connectivity index is 1.27. The Bertz CT molecular complexity index is 4050. The summed E-state index contributed by atoms with van der Waals surface area (Å²) in [5, 5.41) is 4.31. The Labute approximate surface area is 583 Å². The second-order valence-electron chi connectivity index (χ2n) is 31.2. The number of rotatable bonds is 26. The standard InChI is InChI=1S/C80H114N12O2Si3/c1-11-17-47-95(48-18-12-2,49-19-13-3)93-97(94-96(50-20-14-4,51-21-15-5)52-22-16-6)91-77-63-37-25-41-67(89-45-29-33-59(9)55-89)71(63)80(91)84-74-62-36-24-40-66(88-44-28-32-58(8)54-88)70(62)76(82-74)86-78-64-38-26-42-68(90-46-30-34-60(10)56-90)72(64)79(92(78)97)83-73-61-35-23-39-65(69(61)75(81-73)85-77)87-43-27-31-57(7)53-87/h23-26,35-42,57-60H,11-22,27-34,43-56H2,1-10H3. The van der Waals surface area contributed by atoms with Gasteiger partial charge in [-0.05, 0) is 136 Å². The van der Waals surface area contributed by atoms with E-state index < -0.39 is 25.5 Å². The number of hydrogen-bond donors (Lipinski definition) is 0. The first-order valence-electron chi connectivity index (χ1n) is 39.2. The molecular weight excluding hydrogens is 1250 g/mol. The zero-order valence-electron chi connectivity index (χ0n) is 61.0. The van der Waals surface area contributed by atoms with Crippen molar-refractivity contribution in [2.45, 2.75) is 234 Å². The lowest BCUT2D eigenvalue weighted by atomic mass is 9.97. The van der Waals surface area contributed by atoms with Crippen molar-refractivity contribution in [3.63, 3.8) is 0 Å². The lowest BCUT2D eigenvalue weighted by Crippen LogP contribution is -2.71. The third kappa shape index (κ3) is 13.0. The van der Waals surface area contributed by atoms with Crippen LogP contribution in [0.2, 0.25) is 36.3 Å². The summed E-state index contributed by atoms with van der Waals surface area (Å²) < 4.78 is 24.7. The summed E-state index contributed by atoms with van der Waals surface area (Å²) in [7, 11) is -10.6. The molecule has 4 aromatic carbocycles. The number of aromatic nitrogens is 2. The fourth-order valence-corrected chi connectivity index (χ4v) is 36.6. The third-order valence-corrected chi connectivity index (χ3v) is 38.5. The van der Waals surface area contributed by atoms with Gasteiger partial charge in [0, 0.05) is 97.0 Å². The van der Waals surface area contributed by atoms with Crippen LogP contribution in [0.5, 0.6) is 0 Å². The number of anilines is 4. The van der Waals surface area contributed by atoms with E-state index in [9.17, 15) is 8.23 Å². The Kier molecular flexibility index (Phi) is 20.6. The van der Waals surface area contributed by atoms with Gasteiger partial charge >= 0.3 is 8.88 Å². The molecule has 518 valence electrons. The Morgan fingerprint density at radius 1 is 0.381 bits per heavy atom. The maximum atomic E-state index is 9.70. The zero-order chi connectivity index (χ0) is 67.0. The van der Waals surface area contributed by atoms with Crippen molar-refractivity contribution in [1.82, 2.24) is 8.47 Å². The maximum Gasteiger partial charge on any atom is 0.582 e. The van der Waals surface area contributed by atoms with Crippen LogP contribution in [0, 0.1) is 23.7 Å². The van der Waals surface area contributed by atoms with E-state index in [1.54, 1.807) is 0 Å². The van der Waals surface area contributed by atoms with Crippen molar-refractivity contribution < 1.29 is 8.23 Å². The van der Waals surface area contributed by atoms with E-state index >= 15 is 0 Å². The molecule has 14 nitrogen and oxygen atoms in total. The third-order valence-electron chi connectivity index (χ3n) is 23.3. The molecule has 2 aromatic heterocycles. The van der Waals surface area contributed by atoms with Gasteiger partial charge in [0.25, 0.3) is 0 Å². The fraction of sp³-hybridized carbons (Fsp3) is 0.600. The van der Waals surface area contributed by atoms with Crippen LogP contribution in [0.15, 0.2) is 103 Å². The predicted octanol–water partition coefficient (Wildman–Crippen LogP) is 19.0. The van der Waals surface area contributed by atoms with Gasteiger partial charge in [0.15, 0.2) is 40.0 Å². The van der Waals surface area contributed by atoms with Crippen LogP contribution in [0.4, 0.5) is 34.4 Å². The van der Waals surface area contributed by atoms with Crippen molar-refractivity contribution in [1.29, 1.82) is 0 Å². The number of unbranched alkanes of at least 4 members (excludes halogenated alkanes) is 6. The monoisotopic (exact) mass is 1360 g/mol. The number of hydrogen-bond acceptors (Lipinski definition) is 12. The SMILES string of the molecule is CCCC[Si](CCCC)(CCCC)O[Si]1(O[Si](CCCC)(CCCC)CCCC)n2c3c4cccc(N5CCCC(C)C5)c4c2N=C2N=C(N=c4c5cccc(N6CCCC(C)C6)c5c(n41)=NC1=NC(=N3)c3c1cccc3N1CCCC(C)C1)c1c2cccc1N1CCCC(C)C1. The van der Waals surface area contributed by atoms with Gasteiger partial charge in [-0.2, -0.15) is 0 Å². The number of aliphatic imine (C=N–C) groups is 4. The normalized spacial score (nSPS) is 21.5. The second-order valence-corrected chi connectivity index (χ2v) is 42.6. The number of piperidine rings is 4. The summed E-state index contributed by atoms with van der Waals surface area (Å²) in [6.07, 6.45) is 22.5. The molecule has 0 saturated carbocycles. The summed E-state index contributed by atoms with van der Waals surface area (Å²) in [5.41, 5.74) is 10.6. The lowest BCUT2D eigenvalue weighted by molar-refractivity contribution is 0.319. The predicted molar refractivity (Wildman–Crippen MR) is 416 cm³/mol. The van der Waals surface area contributed by atoms with Gasteiger partial charge < -0.3 is 27.8 Å². The van der Waals surface area contributed by atoms with Crippen molar-refractivity contribution >= 4 is 105 Å². The van der Waals surface area contributed by atoms with Gasteiger partial charge in [0.2, 0.25) is 0 Å². The molecule has 0 amide bonds. The summed E-state index contributed by atoms with van der Waals surface area (Å²) in [5.74, 6) is 6.62. The molecule has 0 spiro atoms. The first kappa shape index (κ1) is 68.2. The minimum Gasteiger partial charge on any atom is -0.404 e. The highest BCUT2D eigenvalue weighted by molar-refractivity contribution is 6.89. The molecule has 6 bridgehead atoms. The summed E-state index contributed by atoms with van der Waals surface area (Å²) in [6.45, 7) is 31.9. The Morgan fingerprint density at radius 2 is 0.742 bits per heavy atom. The first-order valence-corrected chi connectivity index (χ1v) is 46.0. The molecule has 14 rings (SSSR count). The van der Waals surface area contributed by atoms with Gasteiger partial charge in [0.1, 0.15) is 22.6 Å². The molecule has 4 unspecified atom stereocenters. The maximum absolute atomic E-state index is 9.70.